The summed E-state index contributed by atoms with van der Waals surface area (Å²) in [6.45, 7) is 6.70. The molecule has 0 atom stereocenters. The van der Waals surface area contributed by atoms with E-state index in [1.165, 1.54) is 24.4 Å². The molecule has 0 aliphatic heterocycles. The second-order valence-electron chi connectivity index (χ2n) is 2.70. The van der Waals surface area contributed by atoms with Crippen molar-refractivity contribution in [2.75, 3.05) is 37.6 Å². The van der Waals surface area contributed by atoms with Gasteiger partial charge >= 0.3 is 0 Å². The van der Waals surface area contributed by atoms with Gasteiger partial charge in [0.05, 0.1) is 13.2 Å². The van der Waals surface area contributed by atoms with Crippen LogP contribution >= 0.6 is 0 Å². The molecule has 0 N–H and O–H groups in total. The quantitative estimate of drug-likeness (QED) is 0.297. The summed E-state index contributed by atoms with van der Waals surface area (Å²) in [5, 5.41) is 0. The van der Waals surface area contributed by atoms with Crippen LogP contribution in [0, 0.1) is 0 Å². The Bertz CT molecular complexity index is 219. The Kier molecular flexibility index (Phi) is 13.5. The summed E-state index contributed by atoms with van der Waals surface area (Å²) in [6.07, 6.45) is 0. The van der Waals surface area contributed by atoms with Gasteiger partial charge in [-0.3, -0.25) is 4.18 Å². The Morgan fingerprint density at radius 2 is 1.50 bits per heavy atom. The van der Waals surface area contributed by atoms with E-state index in [9.17, 15) is 13.0 Å². The highest BCUT2D eigenvalue weighted by Crippen LogP contribution is 1.92. The van der Waals surface area contributed by atoms with Gasteiger partial charge in [-0.25, -0.2) is 8.42 Å². The van der Waals surface area contributed by atoms with Crippen molar-refractivity contribution in [1.29, 1.82) is 0 Å². The van der Waals surface area contributed by atoms with E-state index in [1.807, 2.05) is 0 Å². The van der Waals surface area contributed by atoms with Gasteiger partial charge in [-0.15, -0.1) is 0 Å². The van der Waals surface area contributed by atoms with Crippen LogP contribution in [0.3, 0.4) is 0 Å². The van der Waals surface area contributed by atoms with E-state index in [0.717, 1.165) is 10.9 Å². The Labute approximate surface area is 102 Å². The number of hydrogen-bond donors (Lipinski definition) is 0. The molecule has 7 heteroatoms. The average molecular weight is 274 g/mol. The second-order valence-corrected chi connectivity index (χ2v) is 6.71. The van der Waals surface area contributed by atoms with E-state index in [2.05, 4.69) is 29.7 Å². The van der Waals surface area contributed by atoms with E-state index >= 15 is 0 Å². The molecule has 100 valence electrons. The van der Waals surface area contributed by atoms with Crippen LogP contribution in [0.15, 0.2) is 0 Å². The van der Waals surface area contributed by atoms with Crippen LogP contribution < -0.4 is 0 Å². The fourth-order valence-electron chi connectivity index (χ4n) is 0.832. The second kappa shape index (κ2) is 11.7. The molecule has 0 rings (SSSR count). The molecule has 0 unspecified atom stereocenters. The van der Waals surface area contributed by atoms with Crippen molar-refractivity contribution in [2.24, 2.45) is 0 Å². The summed E-state index contributed by atoms with van der Waals surface area (Å²) >= 11 is 0. The van der Waals surface area contributed by atoms with E-state index < -0.39 is 10.4 Å². The van der Waals surface area contributed by atoms with Crippen LogP contribution in [0.1, 0.15) is 20.8 Å². The van der Waals surface area contributed by atoms with Crippen molar-refractivity contribution in [3.8, 4) is 0 Å². The lowest BCUT2D eigenvalue weighted by Gasteiger charge is -2.05. The van der Waals surface area contributed by atoms with Crippen LogP contribution in [-0.4, -0.2) is 50.6 Å². The molecule has 16 heavy (non-hydrogen) atoms. The highest BCUT2D eigenvalue weighted by atomic mass is 32.3. The molecule has 0 saturated heterocycles. The molecular weight excluding hydrogens is 252 g/mol. The molecule has 0 aliphatic carbocycles. The van der Waals surface area contributed by atoms with Crippen LogP contribution in [0.4, 0.5) is 0 Å². The maximum Gasteiger partial charge on any atom is 0.217 e. The van der Waals surface area contributed by atoms with Gasteiger partial charge in [-0.05, 0) is 31.7 Å². The van der Waals surface area contributed by atoms with Crippen molar-refractivity contribution in [3.63, 3.8) is 0 Å². The van der Waals surface area contributed by atoms with E-state index in [-0.39, 0.29) is 13.2 Å². The molecule has 0 heterocycles. The third-order valence-electron chi connectivity index (χ3n) is 1.74. The Hall–Kier alpha value is 0.180. The monoisotopic (exact) mass is 274 g/mol. The fourth-order valence-corrected chi connectivity index (χ4v) is 2.33. The van der Waals surface area contributed by atoms with Crippen molar-refractivity contribution in [2.45, 2.75) is 20.8 Å². The zero-order valence-electron chi connectivity index (χ0n) is 10.4. The van der Waals surface area contributed by atoms with Gasteiger partial charge in [0.2, 0.25) is 10.4 Å². The molecule has 0 saturated carbocycles. The number of methoxy groups -OCH3 is 1. The summed E-state index contributed by atoms with van der Waals surface area (Å²) < 4.78 is 37.2. The summed E-state index contributed by atoms with van der Waals surface area (Å²) in [4.78, 5) is 0. The molecular formula is C9H22O5S2. The van der Waals surface area contributed by atoms with Crippen LogP contribution in [0.25, 0.3) is 0 Å². The molecule has 0 aromatic carbocycles. The molecule has 0 aromatic rings. The number of rotatable bonds is 7. The molecule has 0 spiro atoms. The summed E-state index contributed by atoms with van der Waals surface area (Å²) in [6, 6.07) is 0. The molecule has 0 amide bonds. The van der Waals surface area contributed by atoms with Gasteiger partial charge in [0.1, 0.15) is 17.3 Å². The van der Waals surface area contributed by atoms with Crippen LogP contribution in [0.2, 0.25) is 0 Å². The third-order valence-corrected chi connectivity index (χ3v) is 4.64. The highest BCUT2D eigenvalue weighted by molar-refractivity contribution is 7.96. The first-order valence-electron chi connectivity index (χ1n) is 5.14. The average Bonchev–Trinajstić information content (AvgIpc) is 2.20. The topological polar surface area (TPSA) is 75.7 Å². The summed E-state index contributed by atoms with van der Waals surface area (Å²) in [5.41, 5.74) is 0. The fraction of sp³-hybridized carbons (Fsp3) is 1.00. The molecule has 5 nitrogen and oxygen atoms in total. The molecule has 0 aromatic heterocycles. The van der Waals surface area contributed by atoms with Crippen LogP contribution in [-0.2, 0) is 30.2 Å². The van der Waals surface area contributed by atoms with Crippen molar-refractivity contribution in [3.05, 3.63) is 0 Å². The molecule has 0 bridgehead atoms. The lowest BCUT2D eigenvalue weighted by molar-refractivity contribution is 0.139. The van der Waals surface area contributed by atoms with Crippen molar-refractivity contribution >= 4 is 21.3 Å². The smallest absolute Gasteiger partial charge is 0.217 e. The molecule has 0 fully saturated rings. The van der Waals surface area contributed by atoms with Gasteiger partial charge in [0, 0.05) is 7.11 Å². The van der Waals surface area contributed by atoms with Gasteiger partial charge in [0.15, 0.2) is 0 Å². The van der Waals surface area contributed by atoms with E-state index in [1.54, 1.807) is 0 Å². The van der Waals surface area contributed by atoms with Crippen molar-refractivity contribution < 1.29 is 21.9 Å². The predicted octanol–water partition coefficient (Wildman–Crippen LogP) is 0.774. The first-order chi connectivity index (χ1) is 7.41. The molecule has 0 aliphatic rings. The number of hydrogen-bond acceptors (Lipinski definition) is 5. The van der Waals surface area contributed by atoms with Gasteiger partial charge in [0.25, 0.3) is 0 Å². The van der Waals surface area contributed by atoms with Crippen LogP contribution in [0.5, 0.6) is 0 Å². The minimum Gasteiger partial charge on any atom is -0.726 e. The SMILES string of the molecule is CC[S+](CC)CC.COCCOS(=O)(=O)[O-]. The van der Waals surface area contributed by atoms with E-state index in [4.69, 9.17) is 0 Å². The predicted molar refractivity (Wildman–Crippen MR) is 66.5 cm³/mol. The summed E-state index contributed by atoms with van der Waals surface area (Å²) in [5.74, 6) is 4.15. The first-order valence-corrected chi connectivity index (χ1v) is 8.20. The largest absolute Gasteiger partial charge is 0.726 e. The Balaban J connectivity index is 0. The molecule has 0 radical (unpaired) electrons. The lowest BCUT2D eigenvalue weighted by Crippen LogP contribution is -2.09. The lowest BCUT2D eigenvalue weighted by atomic mass is 10.8. The minimum absolute atomic E-state index is 0.0987. The van der Waals surface area contributed by atoms with E-state index in [0.29, 0.717) is 0 Å². The third kappa shape index (κ3) is 16.6. The Morgan fingerprint density at radius 3 is 1.69 bits per heavy atom. The van der Waals surface area contributed by atoms with Gasteiger partial charge in [-0.1, -0.05) is 0 Å². The zero-order valence-corrected chi connectivity index (χ0v) is 12.0. The normalized spacial score (nSPS) is 11.1. The van der Waals surface area contributed by atoms with Crippen molar-refractivity contribution in [1.82, 2.24) is 0 Å². The maximum absolute atomic E-state index is 9.67. The minimum atomic E-state index is -4.53. The zero-order chi connectivity index (χ0) is 13.0. The highest BCUT2D eigenvalue weighted by Gasteiger charge is 2.05. The van der Waals surface area contributed by atoms with Gasteiger partial charge < -0.3 is 9.29 Å². The first kappa shape index (κ1) is 18.5. The maximum atomic E-state index is 9.67. The summed E-state index contributed by atoms with van der Waals surface area (Å²) in [7, 11) is -2.40. The standard InChI is InChI=1S/C6H15S.C3H8O5S/c1-4-7(5-2)6-3;1-7-2-3-8-9(4,5)6/h4-6H2,1-3H3;2-3H2,1H3,(H,4,5,6)/q+1;/p-1. The number of ether oxygens (including phenoxy) is 1. The van der Waals surface area contributed by atoms with Gasteiger partial charge in [-0.2, -0.15) is 0 Å². The Morgan fingerprint density at radius 1 is 1.06 bits per heavy atom.